The summed E-state index contributed by atoms with van der Waals surface area (Å²) in [6.07, 6.45) is -4.87. The molecule has 0 rings (SSSR count). The van der Waals surface area contributed by atoms with Crippen LogP contribution < -0.4 is 0 Å². The Bertz CT molecular complexity index is 152. The van der Waals surface area contributed by atoms with Crippen molar-refractivity contribution in [3.05, 3.63) is 0 Å². The van der Waals surface area contributed by atoms with Gasteiger partial charge in [0, 0.05) is 0 Å². The van der Waals surface area contributed by atoms with E-state index in [1.165, 1.54) is 0 Å². The van der Waals surface area contributed by atoms with E-state index in [0.29, 0.717) is 0 Å². The van der Waals surface area contributed by atoms with Crippen molar-refractivity contribution in [1.29, 1.82) is 0 Å². The molecule has 68 valence electrons. The average Bonchev–Trinajstić information content (AvgIpc) is 1.59. The molecule has 0 amide bonds. The fraction of sp³-hybridized carbons (Fsp3) is 0.500. The predicted octanol–water partition coefficient (Wildman–Crippen LogP) is 0.653. The smallest absolute Gasteiger partial charge is 0.466 e. The molecule has 0 heterocycles. The molecule has 0 fully saturated rings. The SMILES string of the molecule is O=C(Cl)C(F)(F)F.O=S([O-])O. The lowest BCUT2D eigenvalue weighted by Gasteiger charge is -1.93. The quantitative estimate of drug-likeness (QED) is 0.473. The van der Waals surface area contributed by atoms with Gasteiger partial charge in [0.25, 0.3) is 0 Å². The number of rotatable bonds is 0. The molecule has 1 unspecified atom stereocenters. The minimum absolute atomic E-state index is 2.28. The van der Waals surface area contributed by atoms with E-state index < -0.39 is 22.8 Å². The van der Waals surface area contributed by atoms with Gasteiger partial charge < -0.3 is 9.11 Å². The van der Waals surface area contributed by atoms with Crippen LogP contribution in [0.1, 0.15) is 0 Å². The van der Waals surface area contributed by atoms with Crippen LogP contribution in [0.15, 0.2) is 0 Å². The van der Waals surface area contributed by atoms with Crippen molar-refractivity contribution in [2.75, 3.05) is 0 Å². The molecule has 4 nitrogen and oxygen atoms in total. The summed E-state index contributed by atoms with van der Waals surface area (Å²) >= 11 is 1.13. The number of alkyl halides is 3. The van der Waals surface area contributed by atoms with Gasteiger partial charge in [-0.3, -0.25) is 4.79 Å². The minimum Gasteiger partial charge on any atom is -0.750 e. The van der Waals surface area contributed by atoms with E-state index in [0.717, 1.165) is 0 Å². The lowest BCUT2D eigenvalue weighted by atomic mass is 10.8. The standard InChI is InChI=1S/C2ClF3O.H2O3S/c3-1(7)2(4,5)6;1-4(2)3/h;(H2,1,2,3)/p-1. The summed E-state index contributed by atoms with van der Waals surface area (Å²) in [6.45, 7) is 0. The molecule has 0 aliphatic rings. The number of hydrogen-bond donors (Lipinski definition) is 1. The molecule has 0 aromatic heterocycles. The third-order valence-electron chi connectivity index (χ3n) is 0.223. The minimum atomic E-state index is -4.87. The summed E-state index contributed by atoms with van der Waals surface area (Å²) < 4.78 is 56.2. The Morgan fingerprint density at radius 1 is 1.55 bits per heavy atom. The van der Waals surface area contributed by atoms with Crippen LogP contribution in [-0.4, -0.2) is 24.7 Å². The second-order valence-corrected chi connectivity index (χ2v) is 1.77. The Hall–Kier alpha value is -0.180. The molecule has 0 aromatic rings. The van der Waals surface area contributed by atoms with Crippen LogP contribution >= 0.6 is 11.6 Å². The van der Waals surface area contributed by atoms with E-state index in [1.54, 1.807) is 0 Å². The van der Waals surface area contributed by atoms with Crippen LogP contribution in [-0.2, 0) is 16.2 Å². The largest absolute Gasteiger partial charge is 0.750 e. The predicted molar refractivity (Wildman–Crippen MR) is 28.5 cm³/mol. The highest BCUT2D eigenvalue weighted by Gasteiger charge is 2.36. The number of hydrogen-bond acceptors (Lipinski definition) is 3. The zero-order valence-electron chi connectivity index (χ0n) is 4.59. The molecule has 0 bridgehead atoms. The molecule has 0 saturated carbocycles. The summed E-state index contributed by atoms with van der Waals surface area (Å²) in [6, 6.07) is 0. The van der Waals surface area contributed by atoms with Crippen LogP contribution in [0.3, 0.4) is 0 Å². The summed E-state index contributed by atoms with van der Waals surface area (Å²) in [5.74, 6) is 0. The summed E-state index contributed by atoms with van der Waals surface area (Å²) in [5.41, 5.74) is 0. The molecule has 1 N–H and O–H groups in total. The van der Waals surface area contributed by atoms with Gasteiger partial charge in [-0.25, -0.2) is 4.21 Å². The first kappa shape index (κ1) is 13.4. The Morgan fingerprint density at radius 2 is 1.64 bits per heavy atom. The van der Waals surface area contributed by atoms with Gasteiger partial charge in [-0.05, 0) is 11.6 Å². The molecule has 0 saturated heterocycles. The molecular formula is C2HClF3O4S-. The molecule has 0 radical (unpaired) electrons. The second kappa shape index (κ2) is 5.47. The Balaban J connectivity index is 0. The molecule has 11 heavy (non-hydrogen) atoms. The van der Waals surface area contributed by atoms with Crippen molar-refractivity contribution in [3.63, 3.8) is 0 Å². The number of carbonyl (C=O) groups is 1. The van der Waals surface area contributed by atoms with E-state index in [9.17, 15) is 13.2 Å². The van der Waals surface area contributed by atoms with Crippen LogP contribution in [0, 0.1) is 0 Å². The first-order valence-electron chi connectivity index (χ1n) is 1.73. The number of halogens is 4. The first-order chi connectivity index (χ1) is 4.68. The highest BCUT2D eigenvalue weighted by Crippen LogP contribution is 2.17. The molecule has 0 aromatic carbocycles. The van der Waals surface area contributed by atoms with Gasteiger partial charge in [-0.1, -0.05) is 0 Å². The normalized spacial score (nSPS) is 12.9. The first-order valence-corrected chi connectivity index (χ1v) is 3.14. The maximum absolute atomic E-state index is 10.7. The lowest BCUT2D eigenvalue weighted by Crippen LogP contribution is -2.15. The summed E-state index contributed by atoms with van der Waals surface area (Å²) in [5, 5.41) is -2.28. The third kappa shape index (κ3) is 17.7. The van der Waals surface area contributed by atoms with Crippen molar-refractivity contribution < 1.29 is 31.3 Å². The van der Waals surface area contributed by atoms with Crippen molar-refractivity contribution in [1.82, 2.24) is 0 Å². The van der Waals surface area contributed by atoms with Crippen molar-refractivity contribution >= 4 is 28.2 Å². The van der Waals surface area contributed by atoms with Crippen molar-refractivity contribution in [2.45, 2.75) is 6.18 Å². The fourth-order valence-electron chi connectivity index (χ4n) is 0. The van der Waals surface area contributed by atoms with Crippen LogP contribution in [0.25, 0.3) is 0 Å². The van der Waals surface area contributed by atoms with Crippen LogP contribution in [0.5, 0.6) is 0 Å². The highest BCUT2D eigenvalue weighted by molar-refractivity contribution is 7.73. The van der Waals surface area contributed by atoms with Gasteiger partial charge in [0.15, 0.2) is 0 Å². The van der Waals surface area contributed by atoms with E-state index in [2.05, 4.69) is 11.6 Å². The van der Waals surface area contributed by atoms with E-state index in [4.69, 9.17) is 18.1 Å². The fourth-order valence-corrected chi connectivity index (χ4v) is 0. The summed E-state index contributed by atoms with van der Waals surface area (Å²) in [4.78, 5) is 9.11. The second-order valence-electron chi connectivity index (χ2n) is 0.989. The lowest BCUT2D eigenvalue weighted by molar-refractivity contribution is -0.161. The van der Waals surface area contributed by atoms with Gasteiger partial charge in [-0.2, -0.15) is 13.2 Å². The summed E-state index contributed by atoms with van der Waals surface area (Å²) in [7, 11) is 0. The molecular weight excluding hydrogens is 213 g/mol. The van der Waals surface area contributed by atoms with Crippen LogP contribution in [0.2, 0.25) is 0 Å². The molecule has 0 spiro atoms. The van der Waals surface area contributed by atoms with E-state index in [-0.39, 0.29) is 0 Å². The van der Waals surface area contributed by atoms with Gasteiger partial charge in [0.05, 0.1) is 11.4 Å². The Labute approximate surface area is 66.5 Å². The molecule has 9 heteroatoms. The van der Waals surface area contributed by atoms with Crippen molar-refractivity contribution in [3.8, 4) is 0 Å². The Kier molecular flexibility index (Phi) is 6.67. The highest BCUT2D eigenvalue weighted by atomic mass is 35.5. The monoisotopic (exact) mass is 213 g/mol. The van der Waals surface area contributed by atoms with Gasteiger partial charge in [0.2, 0.25) is 0 Å². The zero-order valence-corrected chi connectivity index (χ0v) is 6.16. The average molecular weight is 214 g/mol. The maximum Gasteiger partial charge on any atom is 0.466 e. The molecule has 0 aliphatic heterocycles. The van der Waals surface area contributed by atoms with E-state index >= 15 is 0 Å². The molecule has 0 aliphatic carbocycles. The number of carbonyl (C=O) groups excluding carboxylic acids is 1. The van der Waals surface area contributed by atoms with Crippen LogP contribution in [0.4, 0.5) is 13.2 Å². The van der Waals surface area contributed by atoms with Gasteiger partial charge in [0.1, 0.15) is 0 Å². The van der Waals surface area contributed by atoms with Crippen molar-refractivity contribution in [2.24, 2.45) is 0 Å². The van der Waals surface area contributed by atoms with E-state index in [1.807, 2.05) is 0 Å². The van der Waals surface area contributed by atoms with Gasteiger partial charge >= 0.3 is 11.4 Å². The third-order valence-corrected chi connectivity index (χ3v) is 0.437. The maximum atomic E-state index is 10.7. The Morgan fingerprint density at radius 3 is 1.64 bits per heavy atom. The molecule has 1 atom stereocenters. The topological polar surface area (TPSA) is 77.4 Å². The van der Waals surface area contributed by atoms with Gasteiger partial charge in [-0.15, -0.1) is 0 Å². The zero-order chi connectivity index (χ0) is 9.65.